The number of hydrogen-bond acceptors (Lipinski definition) is 3. The summed E-state index contributed by atoms with van der Waals surface area (Å²) in [4.78, 5) is 5.57. The Bertz CT molecular complexity index is 524. The molecule has 4 heteroatoms. The Labute approximate surface area is 127 Å². The molecular weight excluding hydrogens is 320 g/mol. The average molecular weight is 337 g/mol. The lowest BCUT2D eigenvalue weighted by molar-refractivity contribution is 0.576. The van der Waals surface area contributed by atoms with E-state index in [4.69, 9.17) is 0 Å². The smallest absolute Gasteiger partial charge is 0.115 e. The van der Waals surface area contributed by atoms with Crippen LogP contribution >= 0.6 is 27.7 Å². The third kappa shape index (κ3) is 3.81. The number of benzene rings is 1. The van der Waals surface area contributed by atoms with E-state index in [1.165, 1.54) is 10.5 Å². The minimum absolute atomic E-state index is 0.431. The summed E-state index contributed by atoms with van der Waals surface area (Å²) in [6, 6.07) is 13.0. The number of halogens is 1. The highest BCUT2D eigenvalue weighted by Crippen LogP contribution is 2.32. The van der Waals surface area contributed by atoms with E-state index in [0.717, 1.165) is 15.9 Å². The van der Waals surface area contributed by atoms with Crippen LogP contribution in [0.25, 0.3) is 0 Å². The molecule has 0 bridgehead atoms. The van der Waals surface area contributed by atoms with Crippen molar-refractivity contribution in [3.05, 3.63) is 52.6 Å². The monoisotopic (exact) mass is 336 g/mol. The molecule has 19 heavy (non-hydrogen) atoms. The van der Waals surface area contributed by atoms with Crippen LogP contribution in [0.15, 0.2) is 57.0 Å². The molecule has 100 valence electrons. The first-order valence-electron chi connectivity index (χ1n) is 6.30. The predicted octanol–water partition coefficient (Wildman–Crippen LogP) is 4.67. The Morgan fingerprint density at radius 2 is 2.00 bits per heavy atom. The van der Waals surface area contributed by atoms with Crippen molar-refractivity contribution in [1.82, 2.24) is 10.3 Å². The van der Waals surface area contributed by atoms with Crippen LogP contribution < -0.4 is 5.32 Å². The standard InChI is InChI=1S/C15H17BrN2S/c1-3-14(17-2)11-6-8-12(9-7-11)19-15-13(16)5-4-10-18-15/h4-10,14,17H,3H2,1-2H3. The lowest BCUT2D eigenvalue weighted by Crippen LogP contribution is -2.14. The molecule has 2 rings (SSSR count). The molecule has 2 nitrogen and oxygen atoms in total. The molecule has 0 aliphatic heterocycles. The van der Waals surface area contributed by atoms with Crippen molar-refractivity contribution in [2.45, 2.75) is 29.3 Å². The van der Waals surface area contributed by atoms with E-state index in [0.29, 0.717) is 6.04 Å². The van der Waals surface area contributed by atoms with E-state index in [1.807, 2.05) is 25.4 Å². The topological polar surface area (TPSA) is 24.9 Å². The van der Waals surface area contributed by atoms with Gasteiger partial charge in [0, 0.05) is 17.1 Å². The highest BCUT2D eigenvalue weighted by molar-refractivity contribution is 9.10. The van der Waals surface area contributed by atoms with Crippen LogP contribution in [0.4, 0.5) is 0 Å². The normalized spacial score (nSPS) is 12.4. The molecule has 0 aliphatic carbocycles. The maximum Gasteiger partial charge on any atom is 0.115 e. The summed E-state index contributed by atoms with van der Waals surface area (Å²) < 4.78 is 1.03. The predicted molar refractivity (Wildman–Crippen MR) is 84.6 cm³/mol. The van der Waals surface area contributed by atoms with E-state index in [1.54, 1.807) is 11.8 Å². The SMILES string of the molecule is CCC(NC)c1ccc(Sc2ncccc2Br)cc1. The summed E-state index contributed by atoms with van der Waals surface area (Å²) in [6.45, 7) is 2.19. The maximum atomic E-state index is 4.37. The summed E-state index contributed by atoms with van der Waals surface area (Å²) in [5, 5.41) is 4.32. The van der Waals surface area contributed by atoms with E-state index in [-0.39, 0.29) is 0 Å². The molecule has 2 aromatic rings. The van der Waals surface area contributed by atoms with Gasteiger partial charge in [-0.3, -0.25) is 0 Å². The van der Waals surface area contributed by atoms with Crippen molar-refractivity contribution >= 4 is 27.7 Å². The van der Waals surface area contributed by atoms with Crippen molar-refractivity contribution in [2.75, 3.05) is 7.05 Å². The Balaban J connectivity index is 2.13. The molecule has 0 aliphatic rings. The largest absolute Gasteiger partial charge is 0.313 e. The van der Waals surface area contributed by atoms with Crippen LogP contribution in [0.5, 0.6) is 0 Å². The molecule has 0 saturated heterocycles. The Morgan fingerprint density at radius 3 is 2.58 bits per heavy atom. The number of aromatic nitrogens is 1. The van der Waals surface area contributed by atoms with Crippen LogP contribution in [0, 0.1) is 0 Å². The minimum Gasteiger partial charge on any atom is -0.313 e. The molecule has 1 atom stereocenters. The van der Waals surface area contributed by atoms with Gasteiger partial charge in [-0.2, -0.15) is 0 Å². The first-order chi connectivity index (χ1) is 9.24. The zero-order valence-electron chi connectivity index (χ0n) is 11.1. The van der Waals surface area contributed by atoms with E-state index < -0.39 is 0 Å². The molecule has 1 N–H and O–H groups in total. The number of hydrogen-bond donors (Lipinski definition) is 1. The van der Waals surface area contributed by atoms with Gasteiger partial charge in [-0.15, -0.1) is 0 Å². The van der Waals surface area contributed by atoms with Crippen molar-refractivity contribution in [3.8, 4) is 0 Å². The first kappa shape index (κ1) is 14.6. The third-order valence-electron chi connectivity index (χ3n) is 2.98. The van der Waals surface area contributed by atoms with Gasteiger partial charge in [0.05, 0.1) is 4.47 Å². The Hall–Kier alpha value is -0.840. The lowest BCUT2D eigenvalue weighted by Gasteiger charge is -2.14. The van der Waals surface area contributed by atoms with Crippen LogP contribution in [0.1, 0.15) is 24.9 Å². The zero-order valence-corrected chi connectivity index (χ0v) is 13.5. The number of pyridine rings is 1. The van der Waals surface area contributed by atoms with Gasteiger partial charge < -0.3 is 5.32 Å². The Kier molecular flexibility index (Phi) is 5.43. The summed E-state index contributed by atoms with van der Waals surface area (Å²) in [7, 11) is 2.00. The molecule has 1 heterocycles. The summed E-state index contributed by atoms with van der Waals surface area (Å²) in [6.07, 6.45) is 2.91. The summed E-state index contributed by atoms with van der Waals surface area (Å²) in [5.41, 5.74) is 1.33. The Morgan fingerprint density at radius 1 is 1.26 bits per heavy atom. The first-order valence-corrected chi connectivity index (χ1v) is 7.91. The zero-order chi connectivity index (χ0) is 13.7. The van der Waals surface area contributed by atoms with Crippen molar-refractivity contribution in [1.29, 1.82) is 0 Å². The van der Waals surface area contributed by atoms with Gasteiger partial charge in [0.2, 0.25) is 0 Å². The fraction of sp³-hybridized carbons (Fsp3) is 0.267. The fourth-order valence-corrected chi connectivity index (χ4v) is 3.20. The molecule has 1 aromatic heterocycles. The molecule has 0 radical (unpaired) electrons. The van der Waals surface area contributed by atoms with Gasteiger partial charge in [0.1, 0.15) is 5.03 Å². The second-order valence-electron chi connectivity index (χ2n) is 4.21. The highest BCUT2D eigenvalue weighted by atomic mass is 79.9. The highest BCUT2D eigenvalue weighted by Gasteiger charge is 2.07. The van der Waals surface area contributed by atoms with Crippen LogP contribution in [0.2, 0.25) is 0 Å². The minimum atomic E-state index is 0.431. The second kappa shape index (κ2) is 7.08. The van der Waals surface area contributed by atoms with E-state index >= 15 is 0 Å². The number of nitrogens with one attached hydrogen (secondary N) is 1. The number of nitrogens with zero attached hydrogens (tertiary/aromatic N) is 1. The third-order valence-corrected chi connectivity index (χ3v) is 4.91. The van der Waals surface area contributed by atoms with E-state index in [2.05, 4.69) is 57.4 Å². The lowest BCUT2D eigenvalue weighted by atomic mass is 10.1. The fourth-order valence-electron chi connectivity index (χ4n) is 1.93. The van der Waals surface area contributed by atoms with Crippen molar-refractivity contribution in [2.24, 2.45) is 0 Å². The summed E-state index contributed by atoms with van der Waals surface area (Å²) >= 11 is 5.19. The molecule has 0 saturated carbocycles. The van der Waals surface area contributed by atoms with Gasteiger partial charge >= 0.3 is 0 Å². The van der Waals surface area contributed by atoms with Gasteiger partial charge in [0.25, 0.3) is 0 Å². The average Bonchev–Trinajstić information content (AvgIpc) is 2.44. The molecule has 1 aromatic carbocycles. The van der Waals surface area contributed by atoms with Gasteiger partial charge in [0.15, 0.2) is 0 Å². The van der Waals surface area contributed by atoms with Crippen molar-refractivity contribution in [3.63, 3.8) is 0 Å². The maximum absolute atomic E-state index is 4.37. The van der Waals surface area contributed by atoms with Crippen LogP contribution in [-0.4, -0.2) is 12.0 Å². The second-order valence-corrected chi connectivity index (χ2v) is 6.13. The molecule has 0 fully saturated rings. The molecule has 1 unspecified atom stereocenters. The van der Waals surface area contributed by atoms with E-state index in [9.17, 15) is 0 Å². The van der Waals surface area contributed by atoms with Crippen molar-refractivity contribution < 1.29 is 0 Å². The van der Waals surface area contributed by atoms with Gasteiger partial charge in [-0.1, -0.05) is 30.8 Å². The molecule has 0 amide bonds. The summed E-state index contributed by atoms with van der Waals surface area (Å²) in [5.74, 6) is 0. The van der Waals surface area contributed by atoms with Crippen LogP contribution in [0.3, 0.4) is 0 Å². The quantitative estimate of drug-likeness (QED) is 0.858. The van der Waals surface area contributed by atoms with Crippen LogP contribution in [-0.2, 0) is 0 Å². The molecular formula is C15H17BrN2S. The molecule has 0 spiro atoms. The van der Waals surface area contributed by atoms with Gasteiger partial charge in [-0.05, 0) is 59.2 Å². The number of rotatable bonds is 5. The van der Waals surface area contributed by atoms with Gasteiger partial charge in [-0.25, -0.2) is 4.98 Å².